The Labute approximate surface area is 159 Å². The lowest BCUT2D eigenvalue weighted by atomic mass is 9.43. The van der Waals surface area contributed by atoms with Gasteiger partial charge in [-0.15, -0.1) is 0 Å². The maximum absolute atomic E-state index is 12.9. The van der Waals surface area contributed by atoms with Gasteiger partial charge in [-0.3, -0.25) is 4.79 Å². The van der Waals surface area contributed by atoms with Crippen molar-refractivity contribution in [1.82, 2.24) is 0 Å². The summed E-state index contributed by atoms with van der Waals surface area (Å²) < 4.78 is 23.3. The fourth-order valence-electron chi connectivity index (χ4n) is 7.10. The van der Waals surface area contributed by atoms with Crippen molar-refractivity contribution in [2.75, 3.05) is 7.11 Å². The molecule has 8 atom stereocenters. The highest BCUT2D eigenvalue weighted by Crippen LogP contribution is 2.72. The minimum Gasteiger partial charge on any atom is -0.472 e. The van der Waals surface area contributed by atoms with E-state index in [9.17, 15) is 9.90 Å². The molecule has 2 aliphatic heterocycles. The van der Waals surface area contributed by atoms with E-state index in [4.69, 9.17) is 18.6 Å². The summed E-state index contributed by atoms with van der Waals surface area (Å²) in [5, 5.41) is 11.7. The summed E-state index contributed by atoms with van der Waals surface area (Å²) in [6.45, 7) is 6.30. The van der Waals surface area contributed by atoms with E-state index >= 15 is 0 Å². The van der Waals surface area contributed by atoms with Gasteiger partial charge < -0.3 is 23.7 Å². The molecular formula is C21H28O6. The molecule has 0 unspecified atom stereocenters. The van der Waals surface area contributed by atoms with Crippen LogP contribution in [0.3, 0.4) is 0 Å². The minimum absolute atomic E-state index is 0.0775. The normalized spacial score (nSPS) is 53.2. The molecule has 1 N–H and O–H groups in total. The molecule has 0 amide bonds. The lowest BCUT2D eigenvalue weighted by molar-refractivity contribution is -0.346. The van der Waals surface area contributed by atoms with Gasteiger partial charge in [-0.2, -0.15) is 0 Å². The van der Waals surface area contributed by atoms with Gasteiger partial charge in [0.1, 0.15) is 6.10 Å². The second-order valence-corrected chi connectivity index (χ2v) is 9.50. The van der Waals surface area contributed by atoms with Crippen LogP contribution in [0.5, 0.6) is 0 Å². The Morgan fingerprint density at radius 3 is 2.78 bits per heavy atom. The van der Waals surface area contributed by atoms with Gasteiger partial charge in [-0.25, -0.2) is 0 Å². The van der Waals surface area contributed by atoms with Crippen molar-refractivity contribution in [3.05, 3.63) is 24.2 Å². The number of hydrogen-bond donors (Lipinski definition) is 1. The highest BCUT2D eigenvalue weighted by atomic mass is 16.8. The first kappa shape index (κ1) is 17.7. The van der Waals surface area contributed by atoms with Crippen molar-refractivity contribution in [2.45, 2.75) is 64.1 Å². The summed E-state index contributed by atoms with van der Waals surface area (Å²) in [5.41, 5.74) is -0.0477. The average Bonchev–Trinajstić information content (AvgIpc) is 3.22. The zero-order valence-corrected chi connectivity index (χ0v) is 16.4. The van der Waals surface area contributed by atoms with E-state index in [1.54, 1.807) is 12.5 Å². The third-order valence-corrected chi connectivity index (χ3v) is 8.37. The summed E-state index contributed by atoms with van der Waals surface area (Å²) in [7, 11) is 1.44. The number of carbonyl (C=O) groups excluding carboxylic acids is 1. The van der Waals surface area contributed by atoms with E-state index in [1.807, 2.05) is 13.0 Å². The first-order valence-electron chi connectivity index (χ1n) is 9.93. The fraction of sp³-hybridized carbons (Fsp3) is 0.762. The minimum atomic E-state index is -1.42. The molecule has 6 nitrogen and oxygen atoms in total. The quantitative estimate of drug-likeness (QED) is 0.799. The lowest BCUT2D eigenvalue weighted by Gasteiger charge is -2.63. The number of aliphatic hydroxyl groups is 1. The number of furan rings is 1. The maximum atomic E-state index is 12.9. The molecule has 0 radical (unpaired) electrons. The number of hydrogen-bond acceptors (Lipinski definition) is 6. The summed E-state index contributed by atoms with van der Waals surface area (Å²) in [5.74, 6) is -2.74. The van der Waals surface area contributed by atoms with Crippen LogP contribution in [0.2, 0.25) is 0 Å². The monoisotopic (exact) mass is 376 g/mol. The molecule has 2 aliphatic carbocycles. The molecule has 148 valence electrons. The van der Waals surface area contributed by atoms with Crippen LogP contribution in [-0.2, 0) is 24.8 Å². The third-order valence-electron chi connectivity index (χ3n) is 8.37. The van der Waals surface area contributed by atoms with Crippen molar-refractivity contribution in [1.29, 1.82) is 0 Å². The molecular weight excluding hydrogens is 348 g/mol. The van der Waals surface area contributed by atoms with Gasteiger partial charge in [0, 0.05) is 23.8 Å². The second-order valence-electron chi connectivity index (χ2n) is 9.50. The number of methoxy groups -OCH3 is 1. The molecule has 3 heterocycles. The van der Waals surface area contributed by atoms with Gasteiger partial charge in [-0.1, -0.05) is 20.3 Å². The van der Waals surface area contributed by atoms with E-state index in [2.05, 4.69) is 13.8 Å². The number of ether oxygens (including phenoxy) is 3. The maximum Gasteiger partial charge on any atom is 0.311 e. The molecule has 3 bridgehead atoms. The van der Waals surface area contributed by atoms with Crippen LogP contribution in [0.1, 0.15) is 52.0 Å². The molecule has 27 heavy (non-hydrogen) atoms. The SMILES string of the molecule is COC(=O)[C@@]1(C)CCC[C@@]2(C)[C@H]1[C@@H]1O[C@]3(c4ccoc4)C[C@H]2[C@@H](C)[C@@]1(O)O3. The Morgan fingerprint density at radius 1 is 1.33 bits per heavy atom. The third kappa shape index (κ3) is 1.89. The van der Waals surface area contributed by atoms with Crippen LogP contribution in [0.4, 0.5) is 0 Å². The molecule has 1 aromatic heterocycles. The molecule has 6 heteroatoms. The lowest BCUT2D eigenvalue weighted by Crippen LogP contribution is -2.69. The molecule has 2 saturated carbocycles. The average molecular weight is 376 g/mol. The summed E-state index contributed by atoms with van der Waals surface area (Å²) in [6, 6.07) is 1.84. The Kier molecular flexibility index (Phi) is 3.38. The predicted octanol–water partition coefficient (Wildman–Crippen LogP) is 3.19. The van der Waals surface area contributed by atoms with E-state index in [0.29, 0.717) is 6.42 Å². The van der Waals surface area contributed by atoms with Gasteiger partial charge in [0.25, 0.3) is 0 Å². The molecule has 2 saturated heterocycles. The van der Waals surface area contributed by atoms with Gasteiger partial charge in [0.15, 0.2) is 5.79 Å². The first-order valence-corrected chi connectivity index (χ1v) is 9.93. The molecule has 4 fully saturated rings. The highest BCUT2D eigenvalue weighted by Gasteiger charge is 2.78. The smallest absolute Gasteiger partial charge is 0.311 e. The van der Waals surface area contributed by atoms with Crippen LogP contribution < -0.4 is 0 Å². The Hall–Kier alpha value is -1.37. The molecule has 4 aliphatic rings. The van der Waals surface area contributed by atoms with Crippen molar-refractivity contribution in [3.8, 4) is 0 Å². The van der Waals surface area contributed by atoms with Gasteiger partial charge in [-0.05, 0) is 37.2 Å². The van der Waals surface area contributed by atoms with E-state index < -0.39 is 23.1 Å². The van der Waals surface area contributed by atoms with Crippen molar-refractivity contribution >= 4 is 5.97 Å². The fourth-order valence-corrected chi connectivity index (χ4v) is 7.10. The zero-order valence-electron chi connectivity index (χ0n) is 16.4. The molecule has 1 aromatic rings. The summed E-state index contributed by atoms with van der Waals surface area (Å²) in [6.07, 6.45) is 6.00. The number of rotatable bonds is 2. The summed E-state index contributed by atoms with van der Waals surface area (Å²) in [4.78, 5) is 12.9. The van der Waals surface area contributed by atoms with E-state index in [1.165, 1.54) is 7.11 Å². The van der Waals surface area contributed by atoms with Gasteiger partial charge in [0.2, 0.25) is 5.79 Å². The van der Waals surface area contributed by atoms with Crippen molar-refractivity contribution in [2.24, 2.45) is 28.6 Å². The van der Waals surface area contributed by atoms with Crippen LogP contribution in [0.25, 0.3) is 0 Å². The predicted molar refractivity (Wildman–Crippen MR) is 94.1 cm³/mol. The molecule has 0 spiro atoms. The molecule has 5 rings (SSSR count). The largest absolute Gasteiger partial charge is 0.472 e. The Morgan fingerprint density at radius 2 is 2.11 bits per heavy atom. The second kappa shape index (κ2) is 5.16. The standard InChI is InChI=1S/C21H28O6/c1-12-14-10-20(13-6-9-25-11-13)26-16(21(12,23)27-20)15-18(14,2)7-5-8-19(15,3)17(22)24-4/h6,9,11-12,14-16,23H,5,7-8,10H2,1-4H3/t12-,14+,15-,16+,18-,19+,20-,21-/m1/s1. The van der Waals surface area contributed by atoms with Crippen LogP contribution in [0.15, 0.2) is 23.0 Å². The van der Waals surface area contributed by atoms with Crippen LogP contribution >= 0.6 is 0 Å². The Bertz CT molecular complexity index is 776. The van der Waals surface area contributed by atoms with Gasteiger partial charge >= 0.3 is 5.97 Å². The van der Waals surface area contributed by atoms with Crippen molar-refractivity contribution in [3.63, 3.8) is 0 Å². The highest BCUT2D eigenvalue weighted by molar-refractivity contribution is 5.77. The first-order chi connectivity index (χ1) is 12.7. The molecule has 0 aromatic carbocycles. The van der Waals surface area contributed by atoms with Gasteiger partial charge in [0.05, 0.1) is 25.1 Å². The summed E-state index contributed by atoms with van der Waals surface area (Å²) >= 11 is 0. The number of carbonyl (C=O) groups is 1. The van der Waals surface area contributed by atoms with E-state index in [-0.39, 0.29) is 29.1 Å². The van der Waals surface area contributed by atoms with Crippen LogP contribution in [0, 0.1) is 28.6 Å². The van der Waals surface area contributed by atoms with E-state index in [0.717, 1.165) is 24.8 Å². The zero-order chi connectivity index (χ0) is 19.2. The Balaban J connectivity index is 1.70. The number of fused-ring (bicyclic) bond motifs is 5. The number of esters is 1. The topological polar surface area (TPSA) is 78.1 Å². The van der Waals surface area contributed by atoms with Crippen LogP contribution in [-0.4, -0.2) is 30.1 Å². The van der Waals surface area contributed by atoms with Crippen molar-refractivity contribution < 1.29 is 28.5 Å².